The van der Waals surface area contributed by atoms with Gasteiger partial charge in [0.15, 0.2) is 0 Å². The second-order valence-electron chi connectivity index (χ2n) is 6.52. The van der Waals surface area contributed by atoms with Crippen LogP contribution >= 0.6 is 23.5 Å². The van der Waals surface area contributed by atoms with E-state index in [4.69, 9.17) is 0 Å². The number of H-pyrrole nitrogens is 1. The fourth-order valence-corrected chi connectivity index (χ4v) is 5.26. The van der Waals surface area contributed by atoms with Crippen molar-refractivity contribution in [1.29, 1.82) is 0 Å². The van der Waals surface area contributed by atoms with Gasteiger partial charge in [-0.15, -0.1) is 23.5 Å². The first-order valence-electron chi connectivity index (χ1n) is 8.57. The summed E-state index contributed by atoms with van der Waals surface area (Å²) in [6.07, 6.45) is 6.48. The molecule has 1 aromatic heterocycles. The lowest BCUT2D eigenvalue weighted by atomic mass is 10.1. The number of nitrogens with one attached hydrogen (secondary N) is 2. The number of rotatable bonds is 3. The van der Waals surface area contributed by atoms with E-state index in [0.717, 1.165) is 18.4 Å². The zero-order valence-corrected chi connectivity index (χ0v) is 15.7. The predicted octanol–water partition coefficient (Wildman–Crippen LogP) is 3.79. The molecule has 1 unspecified atom stereocenters. The normalized spacial score (nSPS) is 21.0. The molecular weight excluding hydrogens is 354 g/mol. The van der Waals surface area contributed by atoms with Gasteiger partial charge in [0.25, 0.3) is 5.56 Å². The maximum Gasteiger partial charge on any atom is 0.270 e. The molecule has 0 spiro atoms. The van der Waals surface area contributed by atoms with Gasteiger partial charge < -0.3 is 5.32 Å². The Morgan fingerprint density at radius 2 is 1.88 bits per heavy atom. The molecule has 2 aliphatic rings. The molecule has 0 radical (unpaired) electrons. The summed E-state index contributed by atoms with van der Waals surface area (Å²) < 4.78 is 1.91. The van der Waals surface area contributed by atoms with Gasteiger partial charge in [0, 0.05) is 4.90 Å². The fourth-order valence-electron chi connectivity index (χ4n) is 3.72. The first kappa shape index (κ1) is 16.8. The van der Waals surface area contributed by atoms with Crippen molar-refractivity contribution in [3.63, 3.8) is 0 Å². The second-order valence-corrected chi connectivity index (χ2v) is 8.50. The average molecular weight is 376 g/mol. The van der Waals surface area contributed by atoms with Crippen LogP contribution in [0, 0.1) is 0 Å². The molecule has 5 nitrogen and oxygen atoms in total. The summed E-state index contributed by atoms with van der Waals surface area (Å²) >= 11 is 3.21. The number of carbonyl (C=O) groups excluding carboxylic acids is 1. The maximum atomic E-state index is 12.8. The van der Waals surface area contributed by atoms with Crippen molar-refractivity contribution in [2.24, 2.45) is 0 Å². The Kier molecular flexibility index (Phi) is 4.69. The SMILES string of the molecule is CSc1ccc(C2SCC(=O)Nc3c2c(=O)[nH]n3C2CCCC2)cc1. The number of benzene rings is 1. The minimum Gasteiger partial charge on any atom is -0.310 e. The second kappa shape index (κ2) is 6.96. The predicted molar refractivity (Wildman–Crippen MR) is 104 cm³/mol. The molecule has 1 aliphatic carbocycles. The molecule has 0 saturated heterocycles. The van der Waals surface area contributed by atoms with Crippen LogP contribution < -0.4 is 10.9 Å². The molecule has 2 heterocycles. The van der Waals surface area contributed by atoms with Crippen LogP contribution in [-0.2, 0) is 4.79 Å². The fraction of sp³-hybridized carbons (Fsp3) is 0.444. The van der Waals surface area contributed by atoms with Crippen molar-refractivity contribution in [2.45, 2.75) is 41.9 Å². The number of thioether (sulfide) groups is 2. The Bertz CT molecular complexity index is 835. The molecule has 132 valence electrons. The van der Waals surface area contributed by atoms with Crippen molar-refractivity contribution in [3.05, 3.63) is 45.7 Å². The van der Waals surface area contributed by atoms with E-state index in [1.54, 1.807) is 11.8 Å². The largest absolute Gasteiger partial charge is 0.310 e. The standard InChI is InChI=1S/C18H21N3O2S2/c1-24-13-8-6-11(7-9-13)16-15-17(19-14(22)10-25-16)21(20-18(15)23)12-4-2-3-5-12/h6-9,12,16H,2-5,10H2,1H3,(H,19,22)(H,20,23). The first-order valence-corrected chi connectivity index (χ1v) is 10.8. The molecule has 7 heteroatoms. The Labute approximate surface area is 154 Å². The van der Waals surface area contributed by atoms with Gasteiger partial charge in [-0.1, -0.05) is 25.0 Å². The summed E-state index contributed by atoms with van der Waals surface area (Å²) in [7, 11) is 0. The van der Waals surface area contributed by atoms with Gasteiger partial charge in [-0.2, -0.15) is 0 Å². The van der Waals surface area contributed by atoms with E-state index in [2.05, 4.69) is 34.7 Å². The van der Waals surface area contributed by atoms with Crippen molar-refractivity contribution < 1.29 is 4.79 Å². The van der Waals surface area contributed by atoms with Gasteiger partial charge in [-0.05, 0) is 36.8 Å². The van der Waals surface area contributed by atoms with E-state index >= 15 is 0 Å². The quantitative estimate of drug-likeness (QED) is 0.801. The molecule has 0 bridgehead atoms. The van der Waals surface area contributed by atoms with Crippen LogP contribution in [0.2, 0.25) is 0 Å². The van der Waals surface area contributed by atoms with E-state index in [-0.39, 0.29) is 22.8 Å². The molecular formula is C18H21N3O2S2. The average Bonchev–Trinajstić information content (AvgIpc) is 3.21. The molecule has 2 N–H and O–H groups in total. The lowest BCUT2D eigenvalue weighted by molar-refractivity contribution is -0.113. The van der Waals surface area contributed by atoms with Crippen LogP contribution in [0.15, 0.2) is 34.0 Å². The van der Waals surface area contributed by atoms with E-state index in [0.29, 0.717) is 17.1 Å². The van der Waals surface area contributed by atoms with Crippen LogP contribution in [0.3, 0.4) is 0 Å². The Balaban J connectivity index is 1.80. The third-order valence-electron chi connectivity index (χ3n) is 4.97. The molecule has 2 aromatic rings. The monoisotopic (exact) mass is 375 g/mol. The van der Waals surface area contributed by atoms with Crippen LogP contribution in [0.1, 0.15) is 48.1 Å². The van der Waals surface area contributed by atoms with Gasteiger partial charge in [-0.3, -0.25) is 19.4 Å². The number of hydrogen-bond donors (Lipinski definition) is 2. The van der Waals surface area contributed by atoms with Crippen LogP contribution in [0.5, 0.6) is 0 Å². The van der Waals surface area contributed by atoms with Crippen molar-refractivity contribution >= 4 is 35.2 Å². The van der Waals surface area contributed by atoms with Gasteiger partial charge >= 0.3 is 0 Å². The van der Waals surface area contributed by atoms with Crippen LogP contribution in [0.25, 0.3) is 0 Å². The number of nitrogens with zero attached hydrogens (tertiary/aromatic N) is 1. The van der Waals surface area contributed by atoms with Crippen LogP contribution in [-0.4, -0.2) is 27.7 Å². The van der Waals surface area contributed by atoms with E-state index in [1.165, 1.54) is 29.5 Å². The number of aromatic amines is 1. The number of amides is 1. The highest BCUT2D eigenvalue weighted by atomic mass is 32.2. The van der Waals surface area contributed by atoms with E-state index < -0.39 is 0 Å². The van der Waals surface area contributed by atoms with E-state index in [1.807, 2.05) is 10.9 Å². The molecule has 1 saturated carbocycles. The number of aromatic nitrogens is 2. The van der Waals surface area contributed by atoms with Gasteiger partial charge in [0.1, 0.15) is 5.82 Å². The third-order valence-corrected chi connectivity index (χ3v) is 6.99. The molecule has 1 aliphatic heterocycles. The molecule has 1 fully saturated rings. The van der Waals surface area contributed by atoms with Gasteiger partial charge in [-0.25, -0.2) is 0 Å². The first-order chi connectivity index (χ1) is 12.2. The number of hydrogen-bond acceptors (Lipinski definition) is 4. The van der Waals surface area contributed by atoms with Gasteiger partial charge in [0.05, 0.1) is 22.6 Å². The molecule has 1 amide bonds. The van der Waals surface area contributed by atoms with Crippen molar-refractivity contribution in [3.8, 4) is 0 Å². The summed E-state index contributed by atoms with van der Waals surface area (Å²) in [6, 6.07) is 8.55. The molecule has 25 heavy (non-hydrogen) atoms. The summed E-state index contributed by atoms with van der Waals surface area (Å²) in [4.78, 5) is 26.2. The highest BCUT2D eigenvalue weighted by Crippen LogP contribution is 2.42. The molecule has 1 atom stereocenters. The number of fused-ring (bicyclic) bond motifs is 1. The molecule has 1 aromatic carbocycles. The van der Waals surface area contributed by atoms with E-state index in [9.17, 15) is 9.59 Å². The Morgan fingerprint density at radius 1 is 1.16 bits per heavy atom. The Morgan fingerprint density at radius 3 is 2.56 bits per heavy atom. The molecule has 4 rings (SSSR count). The lowest BCUT2D eigenvalue weighted by Gasteiger charge is -2.17. The van der Waals surface area contributed by atoms with Crippen molar-refractivity contribution in [1.82, 2.24) is 9.78 Å². The summed E-state index contributed by atoms with van der Waals surface area (Å²) in [5.74, 6) is 0.986. The zero-order chi connectivity index (χ0) is 17.4. The topological polar surface area (TPSA) is 66.9 Å². The third kappa shape index (κ3) is 3.15. The maximum absolute atomic E-state index is 12.8. The summed E-state index contributed by atoms with van der Waals surface area (Å²) in [5, 5.41) is 5.85. The summed E-state index contributed by atoms with van der Waals surface area (Å²) in [6.45, 7) is 0. The minimum absolute atomic E-state index is 0.0415. The smallest absolute Gasteiger partial charge is 0.270 e. The lowest BCUT2D eigenvalue weighted by Crippen LogP contribution is -2.18. The highest BCUT2D eigenvalue weighted by molar-refractivity contribution is 8.00. The van der Waals surface area contributed by atoms with Gasteiger partial charge in [0.2, 0.25) is 5.91 Å². The number of carbonyl (C=O) groups is 1. The Hall–Kier alpha value is -1.60. The highest BCUT2D eigenvalue weighted by Gasteiger charge is 2.32. The number of anilines is 1. The summed E-state index contributed by atoms with van der Waals surface area (Å²) in [5.41, 5.74) is 1.66. The van der Waals surface area contributed by atoms with Crippen LogP contribution in [0.4, 0.5) is 5.82 Å². The van der Waals surface area contributed by atoms with Crippen molar-refractivity contribution in [2.75, 3.05) is 17.3 Å². The minimum atomic E-state index is -0.128. The zero-order valence-electron chi connectivity index (χ0n) is 14.1.